The summed E-state index contributed by atoms with van der Waals surface area (Å²) in [5.74, 6) is 2.57. The van der Waals surface area contributed by atoms with Crippen LogP contribution in [0.4, 0.5) is 0 Å². The molecule has 0 aliphatic carbocycles. The Labute approximate surface area is 198 Å². The molecule has 0 N–H and O–H groups in total. The maximum atomic E-state index is 6.68. The van der Waals surface area contributed by atoms with Crippen LogP contribution in [0, 0.1) is 25.2 Å². The highest BCUT2D eigenvalue weighted by molar-refractivity contribution is 6.05. The molecule has 2 heterocycles. The second kappa shape index (κ2) is 7.58. The number of nitrogens with zero attached hydrogens (tertiary/aromatic N) is 1. The van der Waals surface area contributed by atoms with Gasteiger partial charge in [-0.25, -0.2) is 0 Å². The Hall–Kier alpha value is -2.87. The number of pyridine rings is 1. The van der Waals surface area contributed by atoms with Gasteiger partial charge in [-0.3, -0.25) is 0 Å². The van der Waals surface area contributed by atoms with E-state index < -0.39 is 0 Å². The fourth-order valence-electron chi connectivity index (χ4n) is 5.50. The third-order valence-electron chi connectivity index (χ3n) is 6.92. The third-order valence-corrected chi connectivity index (χ3v) is 6.92. The number of aromatic nitrogens is 1. The molecule has 2 nitrogen and oxygen atoms in total. The number of aryl methyl sites for hydroxylation is 2. The highest BCUT2D eigenvalue weighted by Crippen LogP contribution is 2.48. The summed E-state index contributed by atoms with van der Waals surface area (Å²) in [5.41, 5.74) is 9.40. The monoisotopic (exact) mass is 438 g/mol. The molecule has 1 aliphatic rings. The van der Waals surface area contributed by atoms with Gasteiger partial charge in [-0.2, -0.15) is 4.57 Å². The Morgan fingerprint density at radius 3 is 2.30 bits per heavy atom. The maximum absolute atomic E-state index is 6.68. The Kier molecular flexibility index (Phi) is 5.04. The lowest BCUT2D eigenvalue weighted by Crippen LogP contribution is -2.33. The smallest absolute Gasteiger partial charge is 0.256 e. The van der Waals surface area contributed by atoms with E-state index in [0.717, 1.165) is 24.3 Å². The molecule has 0 amide bonds. The summed E-state index contributed by atoms with van der Waals surface area (Å²) in [7, 11) is 2.18. The fourth-order valence-corrected chi connectivity index (χ4v) is 5.50. The van der Waals surface area contributed by atoms with Crippen LogP contribution in [0.15, 0.2) is 42.5 Å². The summed E-state index contributed by atoms with van der Waals surface area (Å²) in [6.07, 6.45) is 2.12. The molecule has 0 atom stereocenters. The average Bonchev–Trinajstić information content (AvgIpc) is 2.69. The number of rotatable bonds is 3. The van der Waals surface area contributed by atoms with Crippen molar-refractivity contribution in [3.05, 3.63) is 64.7 Å². The van der Waals surface area contributed by atoms with E-state index in [9.17, 15) is 0 Å². The first-order valence-electron chi connectivity index (χ1n) is 12.2. The van der Waals surface area contributed by atoms with E-state index in [-0.39, 0.29) is 5.41 Å². The first-order chi connectivity index (χ1) is 15.5. The normalized spacial score (nSPS) is 13.0. The summed E-state index contributed by atoms with van der Waals surface area (Å²) in [6, 6.07) is 16.1. The molecule has 0 fully saturated rings. The zero-order chi connectivity index (χ0) is 23.7. The number of ether oxygens (including phenoxy) is 1. The Bertz CT molecular complexity index is 1420. The van der Waals surface area contributed by atoms with Crippen molar-refractivity contribution in [3.8, 4) is 22.8 Å². The zero-order valence-electron chi connectivity index (χ0n) is 21.4. The second-order valence-corrected chi connectivity index (χ2v) is 11.6. The molecule has 3 aromatic carbocycles. The number of hydrogen-bond acceptors (Lipinski definition) is 1. The number of benzene rings is 3. The van der Waals surface area contributed by atoms with E-state index in [1.54, 1.807) is 0 Å². The molecular weight excluding hydrogens is 402 g/mol. The lowest BCUT2D eigenvalue weighted by molar-refractivity contribution is -0.633. The average molecular weight is 439 g/mol. The summed E-state index contributed by atoms with van der Waals surface area (Å²) >= 11 is 0. The van der Waals surface area contributed by atoms with Crippen molar-refractivity contribution in [2.75, 3.05) is 0 Å². The topological polar surface area (TPSA) is 13.1 Å². The van der Waals surface area contributed by atoms with Gasteiger partial charge in [0.2, 0.25) is 5.52 Å². The third kappa shape index (κ3) is 3.80. The van der Waals surface area contributed by atoms with E-state index in [1.165, 1.54) is 55.2 Å². The zero-order valence-corrected chi connectivity index (χ0v) is 21.4. The second-order valence-electron chi connectivity index (χ2n) is 11.6. The van der Waals surface area contributed by atoms with E-state index in [4.69, 9.17) is 4.74 Å². The van der Waals surface area contributed by atoms with Crippen LogP contribution in [-0.2, 0) is 19.9 Å². The SMILES string of the molecule is Cc1cc2cc(CC(C)C)cc3c2c(c1C)-c1c(cc2cc(CC(C)(C)C)ccc2[n+]1C)O3. The van der Waals surface area contributed by atoms with Crippen molar-refractivity contribution < 1.29 is 9.30 Å². The first-order valence-corrected chi connectivity index (χ1v) is 12.2. The van der Waals surface area contributed by atoms with E-state index in [0.29, 0.717) is 5.92 Å². The lowest BCUT2D eigenvalue weighted by Gasteiger charge is -2.24. The highest BCUT2D eigenvalue weighted by Gasteiger charge is 2.32. The summed E-state index contributed by atoms with van der Waals surface area (Å²) in [6.45, 7) is 15.9. The Morgan fingerprint density at radius 1 is 0.879 bits per heavy atom. The van der Waals surface area contributed by atoms with Crippen molar-refractivity contribution >= 4 is 21.7 Å². The van der Waals surface area contributed by atoms with Crippen molar-refractivity contribution in [2.24, 2.45) is 18.4 Å². The van der Waals surface area contributed by atoms with Gasteiger partial charge in [0.15, 0.2) is 5.75 Å². The first kappa shape index (κ1) is 21.9. The van der Waals surface area contributed by atoms with Gasteiger partial charge in [-0.1, -0.05) is 52.8 Å². The molecule has 2 heteroatoms. The molecule has 0 saturated heterocycles. The van der Waals surface area contributed by atoms with Gasteiger partial charge in [0.25, 0.3) is 5.69 Å². The number of fused-ring (bicyclic) bond motifs is 3. The summed E-state index contributed by atoms with van der Waals surface area (Å²) in [5, 5.41) is 3.77. The van der Waals surface area contributed by atoms with Crippen molar-refractivity contribution in [3.63, 3.8) is 0 Å². The molecule has 0 unspecified atom stereocenters. The van der Waals surface area contributed by atoms with Crippen LogP contribution < -0.4 is 9.30 Å². The molecule has 4 aromatic rings. The Balaban J connectivity index is 1.78. The van der Waals surface area contributed by atoms with Gasteiger partial charge in [0.1, 0.15) is 12.8 Å². The van der Waals surface area contributed by atoms with Crippen LogP contribution in [0.25, 0.3) is 32.9 Å². The van der Waals surface area contributed by atoms with Gasteiger partial charge in [-0.05, 0) is 77.8 Å². The van der Waals surface area contributed by atoms with Gasteiger partial charge in [-0.15, -0.1) is 0 Å². The van der Waals surface area contributed by atoms with Crippen LogP contribution in [-0.4, -0.2) is 0 Å². The van der Waals surface area contributed by atoms with Crippen molar-refractivity contribution in [1.82, 2.24) is 0 Å². The van der Waals surface area contributed by atoms with Crippen LogP contribution in [0.1, 0.15) is 56.9 Å². The molecule has 0 spiro atoms. The molecule has 33 heavy (non-hydrogen) atoms. The van der Waals surface area contributed by atoms with Gasteiger partial charge < -0.3 is 4.74 Å². The van der Waals surface area contributed by atoms with Crippen LogP contribution in [0.2, 0.25) is 0 Å². The van der Waals surface area contributed by atoms with Gasteiger partial charge >= 0.3 is 0 Å². The molecule has 170 valence electrons. The largest absolute Gasteiger partial charge is 0.450 e. The minimum atomic E-state index is 0.261. The highest BCUT2D eigenvalue weighted by atomic mass is 16.5. The van der Waals surface area contributed by atoms with Gasteiger partial charge in [0.05, 0.1) is 10.9 Å². The Morgan fingerprint density at radius 2 is 1.61 bits per heavy atom. The molecule has 0 radical (unpaired) electrons. The van der Waals surface area contributed by atoms with Crippen molar-refractivity contribution in [1.29, 1.82) is 0 Å². The van der Waals surface area contributed by atoms with E-state index in [1.807, 2.05) is 0 Å². The molecule has 1 aromatic heterocycles. The molecule has 5 rings (SSSR count). The predicted molar refractivity (Wildman–Crippen MR) is 139 cm³/mol. The minimum Gasteiger partial charge on any atom is -0.450 e. The summed E-state index contributed by atoms with van der Waals surface area (Å²) in [4.78, 5) is 0. The van der Waals surface area contributed by atoms with Crippen LogP contribution >= 0.6 is 0 Å². The van der Waals surface area contributed by atoms with Crippen LogP contribution in [0.5, 0.6) is 11.5 Å². The lowest BCUT2D eigenvalue weighted by atomic mass is 9.87. The maximum Gasteiger partial charge on any atom is 0.256 e. The van der Waals surface area contributed by atoms with Crippen LogP contribution in [0.3, 0.4) is 0 Å². The molecule has 0 bridgehead atoms. The molecule has 0 saturated carbocycles. The summed E-state index contributed by atoms with van der Waals surface area (Å²) < 4.78 is 9.01. The molecule has 1 aliphatic heterocycles. The predicted octanol–water partition coefficient (Wildman–Crippen LogP) is 7.99. The number of hydrogen-bond donors (Lipinski definition) is 0. The fraction of sp³-hybridized carbons (Fsp3) is 0.387. The molecular formula is C31H36NO+. The standard InChI is InChI=1S/C31H36NO/c1-18(2)11-22-14-24-12-19(3)20(4)28-29(24)26(15-22)33-27-16-23-13-21(17-31(5,6)7)9-10-25(23)32(8)30(27)28/h9-10,12-16,18H,11,17H2,1-8H3/q+1. The van der Waals surface area contributed by atoms with Crippen molar-refractivity contribution in [2.45, 2.75) is 61.3 Å². The van der Waals surface area contributed by atoms with E-state index in [2.05, 4.69) is 103 Å². The minimum absolute atomic E-state index is 0.261. The van der Waals surface area contributed by atoms with Gasteiger partial charge in [0, 0.05) is 17.5 Å². The van der Waals surface area contributed by atoms with E-state index >= 15 is 0 Å². The quantitative estimate of drug-likeness (QED) is 0.260.